The Bertz CT molecular complexity index is 291. The zero-order valence-electron chi connectivity index (χ0n) is 8.03. The Morgan fingerprint density at radius 2 is 2.21 bits per heavy atom. The van der Waals surface area contributed by atoms with Gasteiger partial charge in [-0.25, -0.2) is 4.37 Å². The van der Waals surface area contributed by atoms with Crippen molar-refractivity contribution in [3.05, 3.63) is 17.1 Å². The van der Waals surface area contributed by atoms with Crippen LogP contribution in [0, 0.1) is 0 Å². The van der Waals surface area contributed by atoms with E-state index in [1.807, 2.05) is 0 Å². The number of rotatable bonds is 2. The van der Waals surface area contributed by atoms with Crippen LogP contribution >= 0.6 is 11.5 Å². The number of aromatic nitrogens is 1. The molecule has 1 fully saturated rings. The number of amides is 1. The first kappa shape index (κ1) is 9.65. The van der Waals surface area contributed by atoms with E-state index >= 15 is 0 Å². The minimum atomic E-state index is 0.0411. The Balaban J connectivity index is 1.87. The third-order valence-corrected chi connectivity index (χ3v) is 3.35. The first-order valence-electron chi connectivity index (χ1n) is 5.08. The third kappa shape index (κ3) is 2.32. The van der Waals surface area contributed by atoms with E-state index < -0.39 is 0 Å². The molecule has 1 saturated carbocycles. The van der Waals surface area contributed by atoms with Crippen LogP contribution in [0.1, 0.15) is 41.8 Å². The predicted octanol–water partition coefficient (Wildman–Crippen LogP) is 2.21. The highest BCUT2D eigenvalue weighted by Crippen LogP contribution is 2.18. The topological polar surface area (TPSA) is 42.0 Å². The molecule has 0 aliphatic heterocycles. The van der Waals surface area contributed by atoms with Gasteiger partial charge in [-0.3, -0.25) is 4.79 Å². The molecule has 0 bridgehead atoms. The number of nitrogens with zero attached hydrogens (tertiary/aromatic N) is 1. The van der Waals surface area contributed by atoms with Crippen molar-refractivity contribution in [1.82, 2.24) is 9.69 Å². The average Bonchev–Trinajstić information content (AvgIpc) is 2.72. The van der Waals surface area contributed by atoms with Crippen molar-refractivity contribution < 1.29 is 4.79 Å². The first-order chi connectivity index (χ1) is 6.86. The molecule has 1 N–H and O–H groups in total. The van der Waals surface area contributed by atoms with E-state index in [-0.39, 0.29) is 5.91 Å². The molecule has 0 unspecified atom stereocenters. The van der Waals surface area contributed by atoms with Gasteiger partial charge in [0.2, 0.25) is 0 Å². The Labute approximate surface area is 87.7 Å². The van der Waals surface area contributed by atoms with Gasteiger partial charge in [0.15, 0.2) is 0 Å². The Hall–Kier alpha value is -0.900. The van der Waals surface area contributed by atoms with E-state index in [0.717, 1.165) is 17.7 Å². The molecule has 1 aliphatic carbocycles. The van der Waals surface area contributed by atoms with Gasteiger partial charge in [-0.05, 0) is 30.4 Å². The fourth-order valence-corrected chi connectivity index (χ4v) is 2.34. The summed E-state index contributed by atoms with van der Waals surface area (Å²) in [6.45, 7) is 0. The molecule has 0 aromatic carbocycles. The molecule has 0 spiro atoms. The zero-order chi connectivity index (χ0) is 9.80. The molecule has 0 radical (unpaired) electrons. The Kier molecular flexibility index (Phi) is 3.14. The molecular weight excluding hydrogens is 196 g/mol. The maximum Gasteiger partial charge on any atom is 0.263 e. The first-order valence-corrected chi connectivity index (χ1v) is 5.85. The van der Waals surface area contributed by atoms with Crippen molar-refractivity contribution in [1.29, 1.82) is 0 Å². The van der Waals surface area contributed by atoms with Crippen LogP contribution in [-0.2, 0) is 0 Å². The normalized spacial score (nSPS) is 18.0. The second-order valence-electron chi connectivity index (χ2n) is 3.69. The van der Waals surface area contributed by atoms with Crippen LogP contribution in [0.3, 0.4) is 0 Å². The van der Waals surface area contributed by atoms with E-state index in [1.54, 1.807) is 12.3 Å². The minimum Gasteiger partial charge on any atom is -0.349 e. The van der Waals surface area contributed by atoms with Crippen molar-refractivity contribution in [3.63, 3.8) is 0 Å². The van der Waals surface area contributed by atoms with Crippen LogP contribution in [0.15, 0.2) is 12.3 Å². The van der Waals surface area contributed by atoms with E-state index in [9.17, 15) is 4.79 Å². The van der Waals surface area contributed by atoms with Crippen LogP contribution in [0.25, 0.3) is 0 Å². The van der Waals surface area contributed by atoms with Crippen molar-refractivity contribution >= 4 is 17.4 Å². The molecular formula is C10H14N2OS. The van der Waals surface area contributed by atoms with Crippen LogP contribution in [-0.4, -0.2) is 16.3 Å². The maximum absolute atomic E-state index is 11.6. The van der Waals surface area contributed by atoms with Crippen molar-refractivity contribution in [2.45, 2.75) is 38.1 Å². The lowest BCUT2D eigenvalue weighted by Gasteiger charge is -2.22. The molecule has 14 heavy (non-hydrogen) atoms. The fraction of sp³-hybridized carbons (Fsp3) is 0.600. The Morgan fingerprint density at radius 1 is 1.43 bits per heavy atom. The standard InChI is InChI=1S/C10H14N2OS/c13-10(9-6-7-11-14-9)12-8-4-2-1-3-5-8/h6-8H,1-5H2,(H,12,13). The summed E-state index contributed by atoms with van der Waals surface area (Å²) in [6, 6.07) is 2.15. The summed E-state index contributed by atoms with van der Waals surface area (Å²) in [5.74, 6) is 0.0411. The van der Waals surface area contributed by atoms with Crippen molar-refractivity contribution in [3.8, 4) is 0 Å². The molecule has 0 saturated heterocycles. The van der Waals surface area contributed by atoms with Gasteiger partial charge in [0.1, 0.15) is 4.88 Å². The highest BCUT2D eigenvalue weighted by atomic mass is 32.1. The molecule has 0 atom stereocenters. The monoisotopic (exact) mass is 210 g/mol. The lowest BCUT2D eigenvalue weighted by molar-refractivity contribution is 0.0932. The summed E-state index contributed by atoms with van der Waals surface area (Å²) >= 11 is 1.26. The summed E-state index contributed by atoms with van der Waals surface area (Å²) in [4.78, 5) is 12.4. The Morgan fingerprint density at radius 3 is 2.86 bits per heavy atom. The van der Waals surface area contributed by atoms with Crippen LogP contribution in [0.4, 0.5) is 0 Å². The number of hydrogen-bond donors (Lipinski definition) is 1. The number of hydrogen-bond acceptors (Lipinski definition) is 3. The lowest BCUT2D eigenvalue weighted by Crippen LogP contribution is -2.35. The van der Waals surface area contributed by atoms with Crippen molar-refractivity contribution in [2.24, 2.45) is 0 Å². The summed E-state index contributed by atoms with van der Waals surface area (Å²) in [5.41, 5.74) is 0. The summed E-state index contributed by atoms with van der Waals surface area (Å²) < 4.78 is 3.92. The number of carbonyl (C=O) groups is 1. The molecule has 1 aromatic heterocycles. The highest BCUT2D eigenvalue weighted by molar-refractivity contribution is 7.08. The average molecular weight is 210 g/mol. The van der Waals surface area contributed by atoms with Gasteiger partial charge in [0.05, 0.1) is 0 Å². The van der Waals surface area contributed by atoms with E-state index in [2.05, 4.69) is 9.69 Å². The molecule has 2 rings (SSSR count). The molecule has 1 aliphatic rings. The molecule has 1 heterocycles. The van der Waals surface area contributed by atoms with Crippen LogP contribution in [0.2, 0.25) is 0 Å². The third-order valence-electron chi connectivity index (χ3n) is 2.60. The quantitative estimate of drug-likeness (QED) is 0.813. The van der Waals surface area contributed by atoms with Crippen LogP contribution in [0.5, 0.6) is 0 Å². The smallest absolute Gasteiger partial charge is 0.263 e. The van der Waals surface area contributed by atoms with Gasteiger partial charge < -0.3 is 5.32 Å². The SMILES string of the molecule is O=C(NC1CCCCC1)c1ccns1. The molecule has 1 amide bonds. The highest BCUT2D eigenvalue weighted by Gasteiger charge is 2.16. The van der Waals surface area contributed by atoms with E-state index in [0.29, 0.717) is 6.04 Å². The van der Waals surface area contributed by atoms with Gasteiger partial charge in [-0.2, -0.15) is 0 Å². The van der Waals surface area contributed by atoms with Gasteiger partial charge in [-0.1, -0.05) is 19.3 Å². The largest absolute Gasteiger partial charge is 0.349 e. The number of carbonyl (C=O) groups excluding carboxylic acids is 1. The summed E-state index contributed by atoms with van der Waals surface area (Å²) in [7, 11) is 0. The summed E-state index contributed by atoms with van der Waals surface area (Å²) in [6.07, 6.45) is 7.73. The van der Waals surface area contributed by atoms with Gasteiger partial charge in [0, 0.05) is 12.2 Å². The molecule has 76 valence electrons. The lowest BCUT2D eigenvalue weighted by atomic mass is 9.95. The molecule has 1 aromatic rings. The minimum absolute atomic E-state index is 0.0411. The molecule has 3 nitrogen and oxygen atoms in total. The predicted molar refractivity (Wildman–Crippen MR) is 56.5 cm³/mol. The number of nitrogens with one attached hydrogen (secondary N) is 1. The van der Waals surface area contributed by atoms with Crippen molar-refractivity contribution in [2.75, 3.05) is 0 Å². The van der Waals surface area contributed by atoms with Gasteiger partial charge >= 0.3 is 0 Å². The van der Waals surface area contributed by atoms with E-state index in [4.69, 9.17) is 0 Å². The maximum atomic E-state index is 11.6. The second kappa shape index (κ2) is 4.55. The van der Waals surface area contributed by atoms with Gasteiger partial charge in [0.25, 0.3) is 5.91 Å². The van der Waals surface area contributed by atoms with Gasteiger partial charge in [-0.15, -0.1) is 0 Å². The molecule has 4 heteroatoms. The van der Waals surface area contributed by atoms with E-state index in [1.165, 1.54) is 30.8 Å². The fourth-order valence-electron chi connectivity index (χ4n) is 1.84. The second-order valence-corrected chi connectivity index (χ2v) is 4.52. The van der Waals surface area contributed by atoms with Crippen LogP contribution < -0.4 is 5.32 Å². The summed E-state index contributed by atoms with van der Waals surface area (Å²) in [5, 5.41) is 3.05. The zero-order valence-corrected chi connectivity index (χ0v) is 8.85.